The molecule has 1 aromatic carbocycles. The Balaban J connectivity index is 1.96. The molecule has 2 N–H and O–H groups in total. The summed E-state index contributed by atoms with van der Waals surface area (Å²) in [7, 11) is 2.04. The second-order valence-electron chi connectivity index (χ2n) is 4.79. The lowest BCUT2D eigenvalue weighted by molar-refractivity contribution is 0.371. The average molecular weight is 308 g/mol. The van der Waals surface area contributed by atoms with Crippen LogP contribution in [-0.4, -0.2) is 19.1 Å². The van der Waals surface area contributed by atoms with Crippen molar-refractivity contribution in [2.45, 2.75) is 37.8 Å². The number of nitrogens with one attached hydrogen (secondary N) is 2. The first-order valence-electron chi connectivity index (χ1n) is 6.36. The van der Waals surface area contributed by atoms with Gasteiger partial charge in [-0.15, -0.1) is 0 Å². The number of benzene rings is 1. The maximum absolute atomic E-state index is 8.83. The van der Waals surface area contributed by atoms with Gasteiger partial charge in [0.1, 0.15) is 0 Å². The van der Waals surface area contributed by atoms with Crippen LogP contribution in [-0.2, 0) is 0 Å². The Labute approximate surface area is 117 Å². The maximum Gasteiger partial charge on any atom is 0.0992 e. The van der Waals surface area contributed by atoms with Crippen molar-refractivity contribution < 1.29 is 0 Å². The number of halogens is 1. The molecular formula is C14H18BrN3. The molecule has 0 atom stereocenters. The largest absolute Gasteiger partial charge is 0.381 e. The topological polar surface area (TPSA) is 47.8 Å². The number of rotatable bonds is 3. The van der Waals surface area contributed by atoms with Gasteiger partial charge in [-0.05, 0) is 66.9 Å². The van der Waals surface area contributed by atoms with E-state index in [2.05, 4.69) is 32.6 Å². The van der Waals surface area contributed by atoms with Crippen molar-refractivity contribution in [1.29, 1.82) is 5.26 Å². The molecule has 0 saturated heterocycles. The molecule has 1 saturated carbocycles. The van der Waals surface area contributed by atoms with Crippen molar-refractivity contribution >= 4 is 21.6 Å². The van der Waals surface area contributed by atoms with Crippen LogP contribution in [0.2, 0.25) is 0 Å². The van der Waals surface area contributed by atoms with Gasteiger partial charge in [-0.1, -0.05) is 0 Å². The molecule has 0 amide bonds. The van der Waals surface area contributed by atoms with Crippen molar-refractivity contribution in [3.05, 3.63) is 28.2 Å². The third-order valence-corrected chi connectivity index (χ3v) is 4.25. The molecule has 1 aliphatic carbocycles. The zero-order chi connectivity index (χ0) is 13.0. The summed E-state index contributed by atoms with van der Waals surface area (Å²) >= 11 is 3.51. The van der Waals surface area contributed by atoms with E-state index < -0.39 is 0 Å². The van der Waals surface area contributed by atoms with Gasteiger partial charge < -0.3 is 10.6 Å². The summed E-state index contributed by atoms with van der Waals surface area (Å²) in [6, 6.07) is 9.06. The summed E-state index contributed by atoms with van der Waals surface area (Å²) in [5.41, 5.74) is 1.77. The molecule has 0 aliphatic heterocycles. The third-order valence-electron chi connectivity index (χ3n) is 3.59. The second-order valence-corrected chi connectivity index (χ2v) is 5.64. The van der Waals surface area contributed by atoms with Crippen LogP contribution in [0.15, 0.2) is 22.7 Å². The smallest absolute Gasteiger partial charge is 0.0992 e. The predicted octanol–water partition coefficient (Wildman–Crippen LogP) is 3.26. The van der Waals surface area contributed by atoms with Gasteiger partial charge in [0.15, 0.2) is 0 Å². The highest BCUT2D eigenvalue weighted by Crippen LogP contribution is 2.27. The Bertz CT molecular complexity index is 445. The molecule has 0 aromatic heterocycles. The Morgan fingerprint density at radius 3 is 2.44 bits per heavy atom. The van der Waals surface area contributed by atoms with Crippen molar-refractivity contribution in [2.24, 2.45) is 0 Å². The number of nitrogens with zero attached hydrogens (tertiary/aromatic N) is 1. The normalized spacial score (nSPS) is 23.4. The zero-order valence-electron chi connectivity index (χ0n) is 10.5. The van der Waals surface area contributed by atoms with Gasteiger partial charge >= 0.3 is 0 Å². The van der Waals surface area contributed by atoms with Crippen LogP contribution in [0.1, 0.15) is 31.2 Å². The lowest BCUT2D eigenvalue weighted by Gasteiger charge is -2.29. The molecule has 1 aliphatic rings. The highest BCUT2D eigenvalue weighted by atomic mass is 79.9. The lowest BCUT2D eigenvalue weighted by atomic mass is 9.91. The molecule has 0 bridgehead atoms. The molecule has 1 aromatic rings. The van der Waals surface area contributed by atoms with Gasteiger partial charge in [0.25, 0.3) is 0 Å². The molecule has 0 heterocycles. The Hall–Kier alpha value is -1.05. The van der Waals surface area contributed by atoms with Gasteiger partial charge in [0, 0.05) is 22.2 Å². The highest BCUT2D eigenvalue weighted by Gasteiger charge is 2.20. The fraction of sp³-hybridized carbons (Fsp3) is 0.500. The summed E-state index contributed by atoms with van der Waals surface area (Å²) in [5, 5.41) is 15.7. The first-order chi connectivity index (χ1) is 8.72. The van der Waals surface area contributed by atoms with Gasteiger partial charge in [0.2, 0.25) is 0 Å². The van der Waals surface area contributed by atoms with E-state index in [1.165, 1.54) is 25.7 Å². The van der Waals surface area contributed by atoms with Crippen LogP contribution in [0.25, 0.3) is 0 Å². The summed E-state index contributed by atoms with van der Waals surface area (Å²) in [6.07, 6.45) is 4.83. The van der Waals surface area contributed by atoms with E-state index in [1.54, 1.807) is 0 Å². The molecule has 0 radical (unpaired) electrons. The van der Waals surface area contributed by atoms with E-state index in [4.69, 9.17) is 5.26 Å². The summed E-state index contributed by atoms with van der Waals surface area (Å²) in [5.74, 6) is 0. The van der Waals surface area contributed by atoms with E-state index in [0.717, 1.165) is 10.2 Å². The molecule has 4 heteroatoms. The molecule has 2 rings (SSSR count). The number of hydrogen-bond donors (Lipinski definition) is 2. The van der Waals surface area contributed by atoms with E-state index >= 15 is 0 Å². The predicted molar refractivity (Wildman–Crippen MR) is 77.6 cm³/mol. The minimum Gasteiger partial charge on any atom is -0.381 e. The summed E-state index contributed by atoms with van der Waals surface area (Å²) < 4.78 is 0.970. The number of nitriles is 1. The van der Waals surface area contributed by atoms with E-state index in [0.29, 0.717) is 17.6 Å². The molecule has 1 fully saturated rings. The fourth-order valence-corrected chi connectivity index (χ4v) is 2.94. The van der Waals surface area contributed by atoms with Gasteiger partial charge in [-0.2, -0.15) is 5.26 Å². The summed E-state index contributed by atoms with van der Waals surface area (Å²) in [6.45, 7) is 0. The van der Waals surface area contributed by atoms with Crippen LogP contribution in [0.4, 0.5) is 5.69 Å². The molecular weight excluding hydrogens is 290 g/mol. The van der Waals surface area contributed by atoms with Crippen molar-refractivity contribution in [2.75, 3.05) is 12.4 Å². The fourth-order valence-electron chi connectivity index (χ4n) is 2.45. The van der Waals surface area contributed by atoms with E-state index in [9.17, 15) is 0 Å². The van der Waals surface area contributed by atoms with Crippen LogP contribution in [0.5, 0.6) is 0 Å². The standard InChI is InChI=1S/C14H18BrN3/c1-17-11-3-5-12(6-4-11)18-14-7-2-10(9-16)8-13(14)15/h2,7-8,11-12,17-18H,3-6H2,1H3. The molecule has 3 nitrogen and oxygen atoms in total. The SMILES string of the molecule is CNC1CCC(Nc2ccc(C#N)cc2Br)CC1. The maximum atomic E-state index is 8.83. The Morgan fingerprint density at radius 1 is 1.22 bits per heavy atom. The molecule has 96 valence electrons. The minimum absolute atomic E-state index is 0.541. The van der Waals surface area contributed by atoms with Crippen LogP contribution in [0, 0.1) is 11.3 Å². The lowest BCUT2D eigenvalue weighted by Crippen LogP contribution is -2.35. The monoisotopic (exact) mass is 307 g/mol. The summed E-state index contributed by atoms with van der Waals surface area (Å²) in [4.78, 5) is 0. The second kappa shape index (κ2) is 6.21. The van der Waals surface area contributed by atoms with E-state index in [-0.39, 0.29) is 0 Å². The first kappa shape index (κ1) is 13.4. The molecule has 0 spiro atoms. The average Bonchev–Trinajstić information content (AvgIpc) is 2.42. The number of hydrogen-bond acceptors (Lipinski definition) is 3. The number of anilines is 1. The minimum atomic E-state index is 0.541. The van der Waals surface area contributed by atoms with Crippen molar-refractivity contribution in [3.63, 3.8) is 0 Å². The van der Waals surface area contributed by atoms with Crippen LogP contribution < -0.4 is 10.6 Å². The Kier molecular flexibility index (Phi) is 4.62. The van der Waals surface area contributed by atoms with Crippen molar-refractivity contribution in [3.8, 4) is 6.07 Å². The quantitative estimate of drug-likeness (QED) is 0.901. The van der Waals surface area contributed by atoms with Crippen LogP contribution in [0.3, 0.4) is 0 Å². The van der Waals surface area contributed by atoms with Gasteiger partial charge in [-0.25, -0.2) is 0 Å². The highest BCUT2D eigenvalue weighted by molar-refractivity contribution is 9.10. The zero-order valence-corrected chi connectivity index (χ0v) is 12.1. The molecule has 18 heavy (non-hydrogen) atoms. The third kappa shape index (κ3) is 3.24. The van der Waals surface area contributed by atoms with Gasteiger partial charge in [-0.3, -0.25) is 0 Å². The first-order valence-corrected chi connectivity index (χ1v) is 7.15. The van der Waals surface area contributed by atoms with Gasteiger partial charge in [0.05, 0.1) is 11.6 Å². The molecule has 0 unspecified atom stereocenters. The van der Waals surface area contributed by atoms with Crippen LogP contribution >= 0.6 is 15.9 Å². The van der Waals surface area contributed by atoms with Crippen molar-refractivity contribution in [1.82, 2.24) is 5.32 Å². The van der Waals surface area contributed by atoms with E-state index in [1.807, 2.05) is 25.2 Å². The Morgan fingerprint density at radius 2 is 1.89 bits per heavy atom.